The van der Waals surface area contributed by atoms with E-state index in [0.29, 0.717) is 24.1 Å². The van der Waals surface area contributed by atoms with E-state index < -0.39 is 70.8 Å². The minimum atomic E-state index is -4.47. The molecule has 4 aromatic rings. The van der Waals surface area contributed by atoms with Crippen LogP contribution in [0.2, 0.25) is 0 Å². The van der Waals surface area contributed by atoms with E-state index in [1.165, 1.54) is 12.1 Å². The summed E-state index contributed by atoms with van der Waals surface area (Å²) in [6.45, 7) is 0.384. The van der Waals surface area contributed by atoms with Gasteiger partial charge < -0.3 is 16.8 Å². The molecule has 62 heavy (non-hydrogen) atoms. The molecule has 1 unspecified atom stereocenters. The Hall–Kier alpha value is -5.21. The van der Waals surface area contributed by atoms with Crippen molar-refractivity contribution in [3.8, 4) is 11.1 Å². The Kier molecular flexibility index (Phi) is 12.9. The van der Waals surface area contributed by atoms with Gasteiger partial charge in [0.05, 0.1) is 21.3 Å². The average Bonchev–Trinajstić information content (AvgIpc) is 3.98. The van der Waals surface area contributed by atoms with Crippen LogP contribution in [-0.4, -0.2) is 94.8 Å². The number of azo groups is 2. The van der Waals surface area contributed by atoms with E-state index >= 15 is 0 Å². The van der Waals surface area contributed by atoms with Crippen LogP contribution in [0, 0.1) is 0 Å². The van der Waals surface area contributed by atoms with Gasteiger partial charge in [-0.3, -0.25) is 4.98 Å². The summed E-state index contributed by atoms with van der Waals surface area (Å²) in [6.07, 6.45) is 5.93. The average molecular weight is 925 g/mol. The molecule has 328 valence electrons. The lowest BCUT2D eigenvalue weighted by atomic mass is 9.82. The minimum absolute atomic E-state index is 0.0209. The van der Waals surface area contributed by atoms with Gasteiger partial charge in [0.25, 0.3) is 0 Å². The first-order valence-electron chi connectivity index (χ1n) is 19.4. The molecule has 0 fully saturated rings. The molecule has 4 aliphatic rings. The maximum atomic E-state index is 12.8. The SMILES string of the molecule is NCCS(=O)(=O)c1ccc(-c2ccnc3c2CCCC3)c(C2=NCN=N2)c1S(N)(=O)=O.NCCS(=O)(=O)c1ccc(C2CCNc3ccccc32)c(C2=NCN=N2)c1S(N)(=O)=O. The zero-order valence-corrected chi connectivity index (χ0v) is 36.4. The Morgan fingerprint density at radius 1 is 0.645 bits per heavy atom. The summed E-state index contributed by atoms with van der Waals surface area (Å²) in [5, 5.41) is 30.0. The molecule has 1 aromatic heterocycles. The van der Waals surface area contributed by atoms with Crippen LogP contribution in [0.3, 0.4) is 0 Å². The maximum absolute atomic E-state index is 12.8. The number of aryl methyl sites for hydroxylation is 1. The second-order valence-corrected chi connectivity index (χ2v) is 21.7. The van der Waals surface area contributed by atoms with Gasteiger partial charge in [-0.1, -0.05) is 30.3 Å². The zero-order valence-electron chi connectivity index (χ0n) is 33.2. The number of amidine groups is 2. The molecular formula is C38H44N12O8S4. The van der Waals surface area contributed by atoms with Crippen molar-refractivity contribution in [1.82, 2.24) is 4.98 Å². The fraction of sp³-hybridized carbons (Fsp3) is 0.342. The third-order valence-electron chi connectivity index (χ3n) is 10.6. The highest BCUT2D eigenvalue weighted by Gasteiger charge is 2.36. The van der Waals surface area contributed by atoms with Gasteiger partial charge in [-0.15, -0.1) is 10.2 Å². The number of aliphatic imine (C=N–C) groups is 2. The van der Waals surface area contributed by atoms with Crippen molar-refractivity contribution in [3.05, 3.63) is 94.3 Å². The number of sulfone groups is 2. The molecule has 8 rings (SSSR count). The number of pyridine rings is 1. The van der Waals surface area contributed by atoms with E-state index in [4.69, 9.17) is 21.7 Å². The Labute approximate surface area is 359 Å². The van der Waals surface area contributed by atoms with E-state index in [0.717, 1.165) is 53.8 Å². The lowest BCUT2D eigenvalue weighted by molar-refractivity contribution is 0.582. The van der Waals surface area contributed by atoms with Crippen LogP contribution in [0.1, 0.15) is 58.7 Å². The highest BCUT2D eigenvalue weighted by Crippen LogP contribution is 2.42. The number of nitrogens with zero attached hydrogens (tertiary/aromatic N) is 7. The predicted octanol–water partition coefficient (Wildman–Crippen LogP) is 2.36. The normalized spacial score (nSPS) is 17.3. The summed E-state index contributed by atoms with van der Waals surface area (Å²) in [7, 11) is -17.0. The van der Waals surface area contributed by atoms with E-state index in [1.807, 2.05) is 24.3 Å². The predicted molar refractivity (Wildman–Crippen MR) is 232 cm³/mol. The van der Waals surface area contributed by atoms with E-state index in [1.54, 1.807) is 24.4 Å². The summed E-state index contributed by atoms with van der Waals surface area (Å²) < 4.78 is 102. The first-order valence-corrected chi connectivity index (χ1v) is 25.8. The Morgan fingerprint density at radius 3 is 1.82 bits per heavy atom. The number of primary sulfonamides is 2. The summed E-state index contributed by atoms with van der Waals surface area (Å²) >= 11 is 0. The van der Waals surface area contributed by atoms with Crippen LogP contribution in [0.25, 0.3) is 11.1 Å². The van der Waals surface area contributed by atoms with E-state index in [9.17, 15) is 33.7 Å². The number of nitrogens with one attached hydrogen (secondary N) is 1. The van der Waals surface area contributed by atoms with Crippen molar-refractivity contribution < 1.29 is 33.7 Å². The van der Waals surface area contributed by atoms with Gasteiger partial charge in [-0.05, 0) is 84.2 Å². The number of hydrogen-bond acceptors (Lipinski definition) is 18. The van der Waals surface area contributed by atoms with Gasteiger partial charge in [0.2, 0.25) is 20.0 Å². The topological polar surface area (TPSA) is 340 Å². The summed E-state index contributed by atoms with van der Waals surface area (Å²) in [4.78, 5) is 11.0. The third-order valence-corrected chi connectivity index (χ3v) is 16.4. The molecule has 0 spiro atoms. The molecule has 0 amide bonds. The van der Waals surface area contributed by atoms with E-state index in [-0.39, 0.29) is 55.1 Å². The zero-order chi connectivity index (χ0) is 44.5. The second kappa shape index (κ2) is 17.9. The van der Waals surface area contributed by atoms with Crippen molar-refractivity contribution >= 4 is 57.1 Å². The molecular weight excluding hydrogens is 881 g/mol. The Bertz CT molecular complexity index is 3030. The summed E-state index contributed by atoms with van der Waals surface area (Å²) in [6, 6.07) is 15.2. The molecule has 24 heteroatoms. The molecule has 0 radical (unpaired) electrons. The van der Waals surface area contributed by atoms with Crippen LogP contribution in [0.4, 0.5) is 5.69 Å². The van der Waals surface area contributed by atoms with Gasteiger partial charge in [0.15, 0.2) is 44.7 Å². The van der Waals surface area contributed by atoms with Crippen LogP contribution >= 0.6 is 0 Å². The monoisotopic (exact) mass is 924 g/mol. The smallest absolute Gasteiger partial charge is 0.240 e. The molecule has 20 nitrogen and oxygen atoms in total. The van der Waals surface area contributed by atoms with Crippen LogP contribution in [0.15, 0.2) is 111 Å². The first kappa shape index (κ1) is 44.8. The summed E-state index contributed by atoms with van der Waals surface area (Å²) in [5.41, 5.74) is 16.7. The van der Waals surface area contributed by atoms with Gasteiger partial charge in [-0.25, -0.2) is 53.9 Å². The molecule has 3 aliphatic heterocycles. The molecule has 1 atom stereocenters. The molecule has 3 aromatic carbocycles. The lowest BCUT2D eigenvalue weighted by Gasteiger charge is -2.29. The Morgan fingerprint density at radius 2 is 1.23 bits per heavy atom. The number of para-hydroxylation sites is 1. The molecule has 9 N–H and O–H groups in total. The van der Waals surface area contributed by atoms with Gasteiger partial charge in [0.1, 0.15) is 9.79 Å². The first-order chi connectivity index (χ1) is 29.5. The number of hydrogen-bond donors (Lipinski definition) is 5. The van der Waals surface area contributed by atoms with E-state index in [2.05, 4.69) is 40.7 Å². The summed E-state index contributed by atoms with van der Waals surface area (Å²) in [5.74, 6) is -0.964. The molecule has 0 bridgehead atoms. The number of sulfonamides is 2. The van der Waals surface area contributed by atoms with Gasteiger partial charge >= 0.3 is 0 Å². The van der Waals surface area contributed by atoms with Crippen LogP contribution < -0.4 is 27.1 Å². The fourth-order valence-electron chi connectivity index (χ4n) is 8.08. The molecule has 1 aliphatic carbocycles. The number of anilines is 1. The number of nitrogens with two attached hydrogens (primary N) is 4. The quantitative estimate of drug-likeness (QED) is 0.137. The molecule has 0 saturated carbocycles. The van der Waals surface area contributed by atoms with Gasteiger partial charge in [-0.2, -0.15) is 10.2 Å². The number of rotatable bonds is 12. The standard InChI is InChI=1S/2C19H22N6O4S2/c2*20-8-10-30(26,27)16-6-5-14(12-7-9-22-15-4-2-1-3-13(12)15)17(18(16)31(21,28)29)19-23-11-24-25-19/h5-7,9H,1-4,8,10-11,20H2,(H2,21,28,29);1-6,12,22H,7-11,20H2,(H2,21,28,29). The molecule has 0 saturated heterocycles. The Balaban J connectivity index is 0.000000186. The number of aromatic nitrogens is 1. The number of benzene rings is 3. The van der Waals surface area contributed by atoms with Crippen molar-refractivity contribution in [3.63, 3.8) is 0 Å². The molecule has 4 heterocycles. The maximum Gasteiger partial charge on any atom is 0.240 e. The second-order valence-electron chi connectivity index (χ2n) is 14.6. The van der Waals surface area contributed by atoms with Crippen LogP contribution in [0.5, 0.6) is 0 Å². The van der Waals surface area contributed by atoms with Crippen molar-refractivity contribution in [1.29, 1.82) is 0 Å². The fourth-order valence-corrected chi connectivity index (χ4v) is 13.6. The third kappa shape index (κ3) is 8.99. The highest BCUT2D eigenvalue weighted by atomic mass is 32.2. The highest BCUT2D eigenvalue weighted by molar-refractivity contribution is 7.94. The van der Waals surface area contributed by atoms with Crippen LogP contribution in [-0.2, 0) is 52.6 Å². The minimum Gasteiger partial charge on any atom is -0.385 e. The van der Waals surface area contributed by atoms with Crippen molar-refractivity contribution in [2.45, 2.75) is 57.6 Å². The largest absolute Gasteiger partial charge is 0.385 e. The van der Waals surface area contributed by atoms with Gasteiger partial charge in [0, 0.05) is 54.3 Å². The van der Waals surface area contributed by atoms with Crippen molar-refractivity contribution in [2.75, 3.05) is 49.8 Å². The number of fused-ring (bicyclic) bond motifs is 2. The van der Waals surface area contributed by atoms with Crippen molar-refractivity contribution in [2.24, 2.45) is 52.2 Å². The lowest BCUT2D eigenvalue weighted by Crippen LogP contribution is -2.26.